The number of pyridine rings is 1. The van der Waals surface area contributed by atoms with Crippen molar-refractivity contribution in [3.8, 4) is 11.1 Å². The first-order valence-electron chi connectivity index (χ1n) is 9.72. The van der Waals surface area contributed by atoms with Crippen LogP contribution < -0.4 is 10.9 Å². The van der Waals surface area contributed by atoms with Gasteiger partial charge < -0.3 is 9.88 Å². The lowest BCUT2D eigenvalue weighted by molar-refractivity contribution is 0.0951. The number of benzene rings is 2. The number of aromatic nitrogens is 1. The first kappa shape index (κ1) is 24.1. The Morgan fingerprint density at radius 1 is 1.03 bits per heavy atom. The summed E-state index contributed by atoms with van der Waals surface area (Å²) in [7, 11) is 0. The Balaban J connectivity index is 1.86. The lowest BCUT2D eigenvalue weighted by Crippen LogP contribution is -2.26. The fourth-order valence-corrected chi connectivity index (χ4v) is 5.12. The zero-order chi connectivity index (χ0) is 22.7. The lowest BCUT2D eigenvalue weighted by Gasteiger charge is -2.16. The predicted molar refractivity (Wildman–Crippen MR) is 137 cm³/mol. The summed E-state index contributed by atoms with van der Waals surface area (Å²) < 4.78 is 2.42. The van der Waals surface area contributed by atoms with E-state index >= 15 is 0 Å². The van der Waals surface area contributed by atoms with Crippen molar-refractivity contribution in [2.45, 2.75) is 33.4 Å². The van der Waals surface area contributed by atoms with Crippen molar-refractivity contribution in [2.75, 3.05) is 0 Å². The van der Waals surface area contributed by atoms with Crippen LogP contribution in [0.3, 0.4) is 0 Å². The van der Waals surface area contributed by atoms with Gasteiger partial charge in [0, 0.05) is 24.2 Å². The van der Waals surface area contributed by atoms with Crippen LogP contribution in [0.1, 0.15) is 35.3 Å². The van der Waals surface area contributed by atoms with Crippen molar-refractivity contribution < 1.29 is 4.79 Å². The zero-order valence-electron chi connectivity index (χ0n) is 16.9. The quantitative estimate of drug-likeness (QED) is 0.261. The average Bonchev–Trinajstić information content (AvgIpc) is 2.75. The number of hydrogen-bond acceptors (Lipinski definition) is 2. The van der Waals surface area contributed by atoms with Crippen LogP contribution >= 0.6 is 57.4 Å². The second-order valence-electron chi connectivity index (χ2n) is 6.84. The number of carbonyl (C=O) groups is 1. The molecule has 0 aliphatic heterocycles. The molecule has 0 aliphatic carbocycles. The largest absolute Gasteiger partial charge is 0.348 e. The smallest absolute Gasteiger partial charge is 0.255 e. The van der Waals surface area contributed by atoms with Crippen LogP contribution in [0, 0.1) is 3.70 Å². The third-order valence-electron chi connectivity index (χ3n) is 5.00. The van der Waals surface area contributed by atoms with Gasteiger partial charge in [-0.25, -0.2) is 0 Å². The number of nitrogens with zero attached hydrogens (tertiary/aromatic N) is 1. The molecule has 3 aromatic rings. The van der Waals surface area contributed by atoms with Gasteiger partial charge in [0.2, 0.25) is 0 Å². The summed E-state index contributed by atoms with van der Waals surface area (Å²) in [5, 5.41) is 4.02. The minimum atomic E-state index is -0.339. The van der Waals surface area contributed by atoms with E-state index < -0.39 is 0 Å². The maximum atomic E-state index is 12.9. The third kappa shape index (κ3) is 4.95. The van der Waals surface area contributed by atoms with Gasteiger partial charge in [0.05, 0.1) is 20.6 Å². The molecular formula is C23H20Cl3IN2O2. The Bertz CT molecular complexity index is 1170. The second-order valence-corrected chi connectivity index (χ2v) is 9.05. The molecule has 4 nitrogen and oxygen atoms in total. The van der Waals surface area contributed by atoms with E-state index in [4.69, 9.17) is 34.8 Å². The number of rotatable bonds is 6. The van der Waals surface area contributed by atoms with E-state index in [1.807, 2.05) is 38.1 Å². The summed E-state index contributed by atoms with van der Waals surface area (Å²) in [6.07, 6.45) is 0.585. The summed E-state index contributed by atoms with van der Waals surface area (Å²) in [5.41, 5.74) is 3.47. The lowest BCUT2D eigenvalue weighted by atomic mass is 9.98. The molecule has 162 valence electrons. The SMILES string of the molecule is CCc1c(-c2ccc(CNC(=O)c3c(Cl)cccc3Cl)cc2)c(Cl)c(I)n(CC)c1=O. The molecule has 1 N–H and O–H groups in total. The summed E-state index contributed by atoms with van der Waals surface area (Å²) in [6, 6.07) is 12.6. The molecule has 0 spiro atoms. The van der Waals surface area contributed by atoms with Crippen LogP contribution in [-0.2, 0) is 19.5 Å². The molecule has 0 fully saturated rings. The van der Waals surface area contributed by atoms with Crippen LogP contribution in [0.15, 0.2) is 47.3 Å². The Morgan fingerprint density at radius 3 is 2.19 bits per heavy atom. The molecule has 0 radical (unpaired) electrons. The Kier molecular flexibility index (Phi) is 8.08. The van der Waals surface area contributed by atoms with Crippen LogP contribution in [-0.4, -0.2) is 10.5 Å². The van der Waals surface area contributed by atoms with Crippen molar-refractivity contribution in [3.05, 3.63) is 88.3 Å². The molecule has 0 bridgehead atoms. The fraction of sp³-hybridized carbons (Fsp3) is 0.217. The molecular weight excluding hydrogens is 570 g/mol. The number of halogens is 4. The van der Waals surface area contributed by atoms with E-state index in [2.05, 4.69) is 27.9 Å². The highest BCUT2D eigenvalue weighted by atomic mass is 127. The highest BCUT2D eigenvalue weighted by Gasteiger charge is 2.19. The van der Waals surface area contributed by atoms with E-state index in [9.17, 15) is 9.59 Å². The maximum Gasteiger partial charge on any atom is 0.255 e. The van der Waals surface area contributed by atoms with E-state index in [1.54, 1.807) is 22.8 Å². The van der Waals surface area contributed by atoms with Crippen molar-refractivity contribution >= 4 is 63.3 Å². The minimum Gasteiger partial charge on any atom is -0.348 e. The Hall–Kier alpha value is -1.54. The topological polar surface area (TPSA) is 51.1 Å². The van der Waals surface area contributed by atoms with Crippen molar-refractivity contribution in [1.29, 1.82) is 0 Å². The van der Waals surface area contributed by atoms with Crippen molar-refractivity contribution in [3.63, 3.8) is 0 Å². The molecule has 0 unspecified atom stereocenters. The molecule has 0 aliphatic rings. The first-order valence-corrected chi connectivity index (χ1v) is 11.9. The highest BCUT2D eigenvalue weighted by molar-refractivity contribution is 14.1. The number of hydrogen-bond donors (Lipinski definition) is 1. The maximum absolute atomic E-state index is 12.9. The minimum absolute atomic E-state index is 0.0123. The van der Waals surface area contributed by atoms with E-state index in [1.165, 1.54) is 0 Å². The third-order valence-corrected chi connectivity index (χ3v) is 7.44. The van der Waals surface area contributed by atoms with Gasteiger partial charge in [-0.1, -0.05) is 72.1 Å². The molecule has 0 saturated heterocycles. The summed E-state index contributed by atoms with van der Waals surface area (Å²) in [5.74, 6) is -0.339. The van der Waals surface area contributed by atoms with Crippen LogP contribution in [0.4, 0.5) is 0 Å². The zero-order valence-corrected chi connectivity index (χ0v) is 21.4. The van der Waals surface area contributed by atoms with Gasteiger partial charge in [-0.3, -0.25) is 9.59 Å². The summed E-state index contributed by atoms with van der Waals surface area (Å²) in [4.78, 5) is 25.3. The van der Waals surface area contributed by atoms with E-state index in [-0.39, 0.29) is 17.0 Å². The van der Waals surface area contributed by atoms with E-state index in [0.717, 1.165) is 20.4 Å². The van der Waals surface area contributed by atoms with Gasteiger partial charge in [0.25, 0.3) is 11.5 Å². The molecule has 2 aromatic carbocycles. The van der Waals surface area contributed by atoms with Crippen LogP contribution in [0.25, 0.3) is 11.1 Å². The molecule has 3 rings (SSSR count). The van der Waals surface area contributed by atoms with Crippen molar-refractivity contribution in [1.82, 2.24) is 9.88 Å². The van der Waals surface area contributed by atoms with Gasteiger partial charge in [-0.2, -0.15) is 0 Å². The predicted octanol–water partition coefficient (Wildman–Crippen LogP) is 6.59. The summed E-state index contributed by atoms with van der Waals surface area (Å²) >= 11 is 21.0. The standard InChI is InChI=1S/C23H20Cl3IN2O2/c1-3-15-18(20(26)21(27)29(4-2)23(15)31)14-10-8-13(9-11-14)12-28-22(30)19-16(24)6-5-7-17(19)25/h5-11H,3-4,12H2,1-2H3,(H,28,30). The monoisotopic (exact) mass is 588 g/mol. The van der Waals surface area contributed by atoms with Crippen LogP contribution in [0.2, 0.25) is 15.1 Å². The molecule has 0 atom stereocenters. The van der Waals surface area contributed by atoms with Gasteiger partial charge >= 0.3 is 0 Å². The van der Waals surface area contributed by atoms with E-state index in [0.29, 0.717) is 40.1 Å². The van der Waals surface area contributed by atoms with Gasteiger partial charge in [0.1, 0.15) is 3.70 Å². The first-order chi connectivity index (χ1) is 14.8. The number of amides is 1. The van der Waals surface area contributed by atoms with Gasteiger partial charge in [-0.05, 0) is 59.2 Å². The average molecular weight is 590 g/mol. The summed E-state index contributed by atoms with van der Waals surface area (Å²) in [6.45, 7) is 4.76. The Morgan fingerprint density at radius 2 is 1.65 bits per heavy atom. The molecule has 8 heteroatoms. The highest BCUT2D eigenvalue weighted by Crippen LogP contribution is 2.33. The molecule has 31 heavy (non-hydrogen) atoms. The normalized spacial score (nSPS) is 10.9. The molecule has 1 heterocycles. The number of nitrogens with one attached hydrogen (secondary N) is 1. The van der Waals surface area contributed by atoms with Gasteiger partial charge in [0.15, 0.2) is 0 Å². The Labute approximate surface area is 209 Å². The molecule has 1 aromatic heterocycles. The number of carbonyl (C=O) groups excluding carboxylic acids is 1. The second kappa shape index (κ2) is 10.4. The molecule has 0 saturated carbocycles. The van der Waals surface area contributed by atoms with Crippen molar-refractivity contribution in [2.24, 2.45) is 0 Å². The molecule has 1 amide bonds. The van der Waals surface area contributed by atoms with Gasteiger partial charge in [-0.15, -0.1) is 0 Å². The fourth-order valence-electron chi connectivity index (χ4n) is 3.40. The van der Waals surface area contributed by atoms with Crippen LogP contribution in [0.5, 0.6) is 0 Å².